The smallest absolute Gasteiger partial charge is 0.390 e. The molecule has 2 heterocycles. The third kappa shape index (κ3) is 6.09. The molecule has 17 nitrogen and oxygen atoms in total. The van der Waals surface area contributed by atoms with Gasteiger partial charge in [-0.25, -0.2) is 18.5 Å². The highest BCUT2D eigenvalue weighted by Gasteiger charge is 2.58. The maximum atomic E-state index is 12.1. The third-order valence-electron chi connectivity index (χ3n) is 4.32. The highest BCUT2D eigenvalue weighted by molar-refractivity contribution is 7.66. The molecule has 20 heteroatoms. The highest BCUT2D eigenvalue weighted by atomic mass is 31.3. The molecule has 1 saturated heterocycles. The number of hydrogen-bond acceptors (Lipinski definition) is 11. The van der Waals surface area contributed by atoms with Crippen LogP contribution in [0.2, 0.25) is 0 Å². The van der Waals surface area contributed by atoms with Gasteiger partial charge in [0.15, 0.2) is 0 Å². The van der Waals surface area contributed by atoms with Crippen LogP contribution in [0.25, 0.3) is 0 Å². The number of phosphoric acid groups is 3. The molecule has 5 unspecified atom stereocenters. The third-order valence-corrected chi connectivity index (χ3v) is 8.11. The summed E-state index contributed by atoms with van der Waals surface area (Å²) in [5.41, 5.74) is -5.93. The van der Waals surface area contributed by atoms with Gasteiger partial charge in [-0.05, 0) is 6.42 Å². The molecule has 1 aromatic heterocycles. The van der Waals surface area contributed by atoms with Crippen LogP contribution in [0.4, 0.5) is 0 Å². The number of nitrogens with one attached hydrogen (secondary N) is 1. The number of aliphatic hydroxyl groups excluding tert-OH is 1. The minimum Gasteiger partial charge on any atom is -0.390 e. The van der Waals surface area contributed by atoms with Gasteiger partial charge in [-0.1, -0.05) is 6.92 Å². The number of nitrogens with zero attached hydrogens (tertiary/aromatic N) is 2. The monoisotopic (exact) mass is 521 g/mol. The van der Waals surface area contributed by atoms with E-state index in [-0.39, 0.29) is 6.42 Å². The average molecular weight is 521 g/mol. The van der Waals surface area contributed by atoms with Crippen molar-refractivity contribution in [3.8, 4) is 6.07 Å². The van der Waals surface area contributed by atoms with Gasteiger partial charge in [0.2, 0.25) is 5.72 Å². The fourth-order valence-corrected chi connectivity index (χ4v) is 5.97. The number of aliphatic hydroxyl groups is 1. The fourth-order valence-electron chi connectivity index (χ4n) is 2.90. The fraction of sp³-hybridized carbons (Fsp3) is 0.583. The van der Waals surface area contributed by atoms with Crippen molar-refractivity contribution < 1.29 is 56.3 Å². The van der Waals surface area contributed by atoms with E-state index in [2.05, 4.69) is 13.1 Å². The van der Waals surface area contributed by atoms with Crippen LogP contribution in [0, 0.1) is 11.3 Å². The number of aromatic nitrogens is 2. The number of H-pyrrole nitrogens is 1. The summed E-state index contributed by atoms with van der Waals surface area (Å²) in [6, 6.07) is 2.59. The van der Waals surface area contributed by atoms with Gasteiger partial charge < -0.3 is 29.4 Å². The van der Waals surface area contributed by atoms with Gasteiger partial charge in [-0.15, -0.1) is 0 Å². The first-order valence-electron chi connectivity index (χ1n) is 8.39. The maximum Gasteiger partial charge on any atom is 0.490 e. The number of rotatable bonds is 9. The molecule has 6 N–H and O–H groups in total. The lowest BCUT2D eigenvalue weighted by atomic mass is 9.93. The van der Waals surface area contributed by atoms with Crippen LogP contribution >= 0.6 is 23.5 Å². The Kier molecular flexibility index (Phi) is 7.55. The molecule has 1 aliphatic rings. The first kappa shape index (κ1) is 26.7. The molecule has 0 aromatic carbocycles. The largest absolute Gasteiger partial charge is 0.490 e. The van der Waals surface area contributed by atoms with E-state index in [4.69, 9.17) is 14.5 Å². The maximum absolute atomic E-state index is 12.1. The van der Waals surface area contributed by atoms with Crippen LogP contribution in [0.15, 0.2) is 21.9 Å². The van der Waals surface area contributed by atoms with Gasteiger partial charge >= 0.3 is 29.2 Å². The molecule has 0 aliphatic carbocycles. The van der Waals surface area contributed by atoms with Crippen LogP contribution in [0.5, 0.6) is 0 Å². The molecule has 0 bridgehead atoms. The van der Waals surface area contributed by atoms with Crippen LogP contribution in [-0.4, -0.2) is 52.5 Å². The SMILES string of the molecule is CCC1(COP(=O)(O)OP(=O)(O)OP(=O)(O)O)OC(C#N)(n2ccc(=O)[nH]c2=O)CC1O. The van der Waals surface area contributed by atoms with Crippen molar-refractivity contribution in [2.24, 2.45) is 0 Å². The first-order chi connectivity index (χ1) is 14.5. The Balaban J connectivity index is 2.28. The molecular weight excluding hydrogens is 503 g/mol. The predicted molar refractivity (Wildman–Crippen MR) is 99.5 cm³/mol. The Labute approximate surface area is 178 Å². The Morgan fingerprint density at radius 3 is 2.38 bits per heavy atom. The van der Waals surface area contributed by atoms with Crippen molar-refractivity contribution in [2.45, 2.75) is 37.2 Å². The Bertz CT molecular complexity index is 1170. The van der Waals surface area contributed by atoms with Crippen molar-refractivity contribution >= 4 is 23.5 Å². The van der Waals surface area contributed by atoms with Crippen molar-refractivity contribution in [2.75, 3.05) is 6.61 Å². The molecule has 5 atom stereocenters. The van der Waals surface area contributed by atoms with E-state index in [1.54, 1.807) is 6.07 Å². The van der Waals surface area contributed by atoms with E-state index >= 15 is 0 Å². The van der Waals surface area contributed by atoms with Gasteiger partial charge in [0, 0.05) is 18.7 Å². The Morgan fingerprint density at radius 2 is 1.88 bits per heavy atom. The van der Waals surface area contributed by atoms with E-state index in [1.165, 1.54) is 6.92 Å². The molecule has 180 valence electrons. The molecule has 0 amide bonds. The van der Waals surface area contributed by atoms with E-state index in [1.807, 2.05) is 4.98 Å². The molecule has 1 aliphatic heterocycles. The Hall–Kier alpha value is -1.50. The van der Waals surface area contributed by atoms with Gasteiger partial charge in [0.25, 0.3) is 5.56 Å². The standard InChI is InChI=1S/C12H18N3O14P3/c1-2-11(7-26-31(22,23)29-32(24,25)28-30(19,20)21)8(16)5-12(6-13,27-11)15-4-3-9(17)14-10(15)18/h3-4,8,16H,2,5,7H2,1H3,(H,22,23)(H,24,25)(H,14,17,18)(H2,19,20,21). The predicted octanol–water partition coefficient (Wildman–Crippen LogP) is -1.01. The second-order valence-electron chi connectivity index (χ2n) is 6.48. The van der Waals surface area contributed by atoms with Gasteiger partial charge in [-0.2, -0.15) is 13.9 Å². The summed E-state index contributed by atoms with van der Waals surface area (Å²) in [7, 11) is -16.9. The Morgan fingerprint density at radius 1 is 1.25 bits per heavy atom. The van der Waals surface area contributed by atoms with Gasteiger partial charge in [0.1, 0.15) is 11.7 Å². The molecule has 0 radical (unpaired) electrons. The zero-order valence-electron chi connectivity index (χ0n) is 16.0. The summed E-state index contributed by atoms with van der Waals surface area (Å²) in [4.78, 5) is 61.2. The molecule has 1 fully saturated rings. The first-order valence-corrected chi connectivity index (χ1v) is 12.9. The highest BCUT2D eigenvalue weighted by Crippen LogP contribution is 2.66. The van der Waals surface area contributed by atoms with Crippen LogP contribution in [0.3, 0.4) is 0 Å². The summed E-state index contributed by atoms with van der Waals surface area (Å²) in [6.45, 7) is 0.364. The second kappa shape index (κ2) is 9.03. The number of nitriles is 1. The zero-order chi connectivity index (χ0) is 24.6. The van der Waals surface area contributed by atoms with Crippen molar-refractivity contribution in [1.82, 2.24) is 9.55 Å². The lowest BCUT2D eigenvalue weighted by Gasteiger charge is -2.32. The number of ether oxygens (including phenoxy) is 1. The summed E-state index contributed by atoms with van der Waals surface area (Å²) in [6.07, 6.45) is -1.40. The van der Waals surface area contributed by atoms with Crippen molar-refractivity contribution in [3.63, 3.8) is 0 Å². The number of hydrogen-bond donors (Lipinski definition) is 6. The number of aromatic amines is 1. The summed E-state index contributed by atoms with van der Waals surface area (Å²) in [5.74, 6) is 0. The zero-order valence-corrected chi connectivity index (χ0v) is 18.7. The topological polar surface area (TPSA) is 268 Å². The van der Waals surface area contributed by atoms with Crippen LogP contribution < -0.4 is 11.2 Å². The molecule has 32 heavy (non-hydrogen) atoms. The van der Waals surface area contributed by atoms with Crippen molar-refractivity contribution in [3.05, 3.63) is 33.1 Å². The molecule has 0 saturated carbocycles. The lowest BCUT2D eigenvalue weighted by Crippen LogP contribution is -2.47. The lowest BCUT2D eigenvalue weighted by molar-refractivity contribution is -0.155. The number of phosphoric ester groups is 1. The minimum atomic E-state index is -5.77. The second-order valence-corrected chi connectivity index (χ2v) is 10.9. The van der Waals surface area contributed by atoms with Crippen LogP contribution in [-0.2, 0) is 37.3 Å². The van der Waals surface area contributed by atoms with Crippen molar-refractivity contribution in [1.29, 1.82) is 5.26 Å². The van der Waals surface area contributed by atoms with Gasteiger partial charge in [0.05, 0.1) is 12.7 Å². The molecule has 2 rings (SSSR count). The van der Waals surface area contributed by atoms with Crippen LogP contribution in [0.1, 0.15) is 19.8 Å². The summed E-state index contributed by atoms with van der Waals surface area (Å²) < 4.78 is 52.1. The normalized spacial score (nSPS) is 29.7. The van der Waals surface area contributed by atoms with E-state index in [9.17, 15) is 43.4 Å². The van der Waals surface area contributed by atoms with Gasteiger partial charge in [-0.3, -0.25) is 18.9 Å². The molecule has 0 spiro atoms. The molecular formula is C12H18N3O14P3. The average Bonchev–Trinajstić information content (AvgIpc) is 2.90. The summed E-state index contributed by atoms with van der Waals surface area (Å²) in [5, 5.41) is 20.1. The van der Waals surface area contributed by atoms with E-state index < -0.39 is 65.2 Å². The molecule has 1 aromatic rings. The summed E-state index contributed by atoms with van der Waals surface area (Å²) >= 11 is 0. The quantitative estimate of drug-likeness (QED) is 0.212. The van der Waals surface area contributed by atoms with E-state index in [0.717, 1.165) is 12.3 Å². The minimum absolute atomic E-state index is 0.189. The van der Waals surface area contributed by atoms with E-state index in [0.29, 0.717) is 4.57 Å².